The lowest BCUT2D eigenvalue weighted by molar-refractivity contribution is 0.456. The highest BCUT2D eigenvalue weighted by atomic mass is 32.2. The maximum atomic E-state index is 12.4. The van der Waals surface area contributed by atoms with E-state index in [1.807, 2.05) is 31.2 Å². The van der Waals surface area contributed by atoms with Gasteiger partial charge in [0.25, 0.3) is 0 Å². The van der Waals surface area contributed by atoms with Crippen molar-refractivity contribution in [2.45, 2.75) is 24.9 Å². The van der Waals surface area contributed by atoms with E-state index in [0.29, 0.717) is 0 Å². The lowest BCUT2D eigenvalue weighted by atomic mass is 10.2. The molecular formula is C15H16N4O2S. The minimum Gasteiger partial charge on any atom is -0.227 e. The van der Waals surface area contributed by atoms with Crippen LogP contribution >= 0.6 is 0 Å². The van der Waals surface area contributed by atoms with Gasteiger partial charge in [0.2, 0.25) is 10.0 Å². The molecule has 0 fully saturated rings. The molecule has 0 unspecified atom stereocenters. The first-order valence-corrected chi connectivity index (χ1v) is 8.34. The van der Waals surface area contributed by atoms with Crippen LogP contribution in [0.15, 0.2) is 53.4 Å². The third-order valence-electron chi connectivity index (χ3n) is 3.40. The number of hydrogen-bond donors (Lipinski definition) is 1. The molecule has 1 heterocycles. The van der Waals surface area contributed by atoms with Crippen molar-refractivity contribution in [2.24, 2.45) is 0 Å². The quantitative estimate of drug-likeness (QED) is 0.801. The predicted octanol–water partition coefficient (Wildman–Crippen LogP) is 2.24. The van der Waals surface area contributed by atoms with Crippen LogP contribution < -0.4 is 4.72 Å². The Bertz CT molecular complexity index is 901. The third kappa shape index (κ3) is 2.72. The molecule has 2 aromatic carbocycles. The van der Waals surface area contributed by atoms with Gasteiger partial charge in [0, 0.05) is 0 Å². The second-order valence-electron chi connectivity index (χ2n) is 5.13. The Morgan fingerprint density at radius 2 is 1.77 bits per heavy atom. The van der Waals surface area contributed by atoms with E-state index in [0.717, 1.165) is 16.6 Å². The molecule has 0 aliphatic carbocycles. The number of sulfonamides is 1. The summed E-state index contributed by atoms with van der Waals surface area (Å²) in [6.45, 7) is 3.64. The highest BCUT2D eigenvalue weighted by molar-refractivity contribution is 7.89. The lowest BCUT2D eigenvalue weighted by Gasteiger charge is -2.15. The number of nitrogens with zero attached hydrogens (tertiary/aromatic N) is 3. The molecule has 1 N–H and O–H groups in total. The van der Waals surface area contributed by atoms with Gasteiger partial charge in [0.1, 0.15) is 11.7 Å². The number of aromatic nitrogens is 3. The fourth-order valence-corrected chi connectivity index (χ4v) is 3.41. The number of fused-ring (bicyclic) bond motifs is 1. The molecule has 3 rings (SSSR count). The zero-order chi connectivity index (χ0) is 15.7. The Labute approximate surface area is 128 Å². The van der Waals surface area contributed by atoms with Crippen molar-refractivity contribution in [2.75, 3.05) is 0 Å². The van der Waals surface area contributed by atoms with Crippen LogP contribution in [0.3, 0.4) is 0 Å². The number of nitrogens with one attached hydrogen (secondary N) is 1. The maximum Gasteiger partial charge on any atom is 0.242 e. The van der Waals surface area contributed by atoms with E-state index < -0.39 is 16.2 Å². The fraction of sp³-hybridized carbons (Fsp3) is 0.200. The van der Waals surface area contributed by atoms with Gasteiger partial charge in [-0.2, -0.15) is 4.72 Å². The van der Waals surface area contributed by atoms with Crippen LogP contribution in [0, 0.1) is 6.92 Å². The van der Waals surface area contributed by atoms with Gasteiger partial charge in [-0.3, -0.25) is 0 Å². The Kier molecular flexibility index (Phi) is 3.67. The summed E-state index contributed by atoms with van der Waals surface area (Å²) in [5, 5.41) is 8.06. The standard InChI is InChI=1S/C15H16N4O2S/c1-11-7-9-13(10-8-11)22(20,21)17-12(2)19-15-6-4-3-5-14(15)16-18-19/h3-10,12,17H,1-2H3/t12-/m0/s1. The highest BCUT2D eigenvalue weighted by Gasteiger charge is 2.20. The van der Waals surface area contributed by atoms with Crippen LogP contribution in [0.2, 0.25) is 0 Å². The monoisotopic (exact) mass is 316 g/mol. The van der Waals surface area contributed by atoms with Crippen LogP contribution in [-0.4, -0.2) is 23.4 Å². The van der Waals surface area contributed by atoms with E-state index in [-0.39, 0.29) is 4.90 Å². The highest BCUT2D eigenvalue weighted by Crippen LogP contribution is 2.17. The van der Waals surface area contributed by atoms with Crippen molar-refractivity contribution in [3.8, 4) is 0 Å². The van der Waals surface area contributed by atoms with E-state index in [4.69, 9.17) is 0 Å². The summed E-state index contributed by atoms with van der Waals surface area (Å²) in [6.07, 6.45) is -0.543. The number of aryl methyl sites for hydroxylation is 1. The normalized spacial score (nSPS) is 13.4. The van der Waals surface area contributed by atoms with Crippen molar-refractivity contribution in [3.05, 3.63) is 54.1 Å². The molecule has 114 valence electrons. The summed E-state index contributed by atoms with van der Waals surface area (Å²) in [4.78, 5) is 0.231. The molecule has 22 heavy (non-hydrogen) atoms. The summed E-state index contributed by atoms with van der Waals surface area (Å²) < 4.78 is 29.0. The summed E-state index contributed by atoms with van der Waals surface area (Å²) in [5.74, 6) is 0. The topological polar surface area (TPSA) is 76.9 Å². The summed E-state index contributed by atoms with van der Waals surface area (Å²) in [7, 11) is -3.61. The van der Waals surface area contributed by atoms with E-state index in [1.165, 1.54) is 0 Å². The average Bonchev–Trinajstić information content (AvgIpc) is 2.91. The third-order valence-corrected chi connectivity index (χ3v) is 4.95. The molecule has 6 nitrogen and oxygen atoms in total. The zero-order valence-corrected chi connectivity index (χ0v) is 13.1. The molecule has 1 aromatic heterocycles. The van der Waals surface area contributed by atoms with Gasteiger partial charge >= 0.3 is 0 Å². The van der Waals surface area contributed by atoms with Crippen LogP contribution in [0.5, 0.6) is 0 Å². The molecule has 7 heteroatoms. The number of rotatable bonds is 4. The van der Waals surface area contributed by atoms with E-state index in [2.05, 4.69) is 15.0 Å². The van der Waals surface area contributed by atoms with Crippen LogP contribution in [0.4, 0.5) is 0 Å². The first kappa shape index (κ1) is 14.7. The van der Waals surface area contributed by atoms with Crippen molar-refractivity contribution in [1.29, 1.82) is 0 Å². The molecule has 0 radical (unpaired) electrons. The van der Waals surface area contributed by atoms with Gasteiger partial charge < -0.3 is 0 Å². The van der Waals surface area contributed by atoms with Gasteiger partial charge in [-0.05, 0) is 38.1 Å². The summed E-state index contributed by atoms with van der Waals surface area (Å²) >= 11 is 0. The minimum absolute atomic E-state index is 0.231. The van der Waals surface area contributed by atoms with Gasteiger partial charge in [-0.15, -0.1) is 5.10 Å². The molecule has 1 atom stereocenters. The van der Waals surface area contributed by atoms with Crippen molar-refractivity contribution in [1.82, 2.24) is 19.7 Å². The summed E-state index contributed by atoms with van der Waals surface area (Å²) in [6, 6.07) is 14.1. The number of hydrogen-bond acceptors (Lipinski definition) is 4. The number of benzene rings is 2. The Morgan fingerprint density at radius 1 is 1.09 bits per heavy atom. The van der Waals surface area contributed by atoms with Crippen molar-refractivity contribution >= 4 is 21.1 Å². The molecule has 0 amide bonds. The Balaban J connectivity index is 1.90. The van der Waals surface area contributed by atoms with Gasteiger partial charge in [-0.25, -0.2) is 13.1 Å². The molecule has 0 bridgehead atoms. The van der Waals surface area contributed by atoms with Crippen LogP contribution in [0.1, 0.15) is 18.7 Å². The van der Waals surface area contributed by atoms with Gasteiger partial charge in [0.15, 0.2) is 0 Å². The lowest BCUT2D eigenvalue weighted by Crippen LogP contribution is -2.31. The average molecular weight is 316 g/mol. The first-order chi connectivity index (χ1) is 10.5. The van der Waals surface area contributed by atoms with E-state index in [1.54, 1.807) is 35.9 Å². The summed E-state index contributed by atoms with van der Waals surface area (Å²) in [5.41, 5.74) is 2.51. The SMILES string of the molecule is Cc1ccc(S(=O)(=O)N[C@H](C)n2nnc3ccccc32)cc1. The van der Waals surface area contributed by atoms with Crippen LogP contribution in [-0.2, 0) is 10.0 Å². The maximum absolute atomic E-state index is 12.4. The second-order valence-corrected chi connectivity index (χ2v) is 6.85. The van der Waals surface area contributed by atoms with Crippen molar-refractivity contribution in [3.63, 3.8) is 0 Å². The molecule has 0 spiro atoms. The van der Waals surface area contributed by atoms with Gasteiger partial charge in [-0.1, -0.05) is 35.0 Å². The fourth-order valence-electron chi connectivity index (χ4n) is 2.23. The predicted molar refractivity (Wildman–Crippen MR) is 83.7 cm³/mol. The molecule has 3 aromatic rings. The Hall–Kier alpha value is -2.25. The second kappa shape index (κ2) is 5.51. The Morgan fingerprint density at radius 3 is 2.50 bits per heavy atom. The molecule has 0 aliphatic rings. The van der Waals surface area contributed by atoms with Crippen molar-refractivity contribution < 1.29 is 8.42 Å². The number of para-hydroxylation sites is 1. The molecule has 0 saturated heterocycles. The smallest absolute Gasteiger partial charge is 0.227 e. The van der Waals surface area contributed by atoms with E-state index >= 15 is 0 Å². The molecule has 0 saturated carbocycles. The first-order valence-electron chi connectivity index (χ1n) is 6.86. The molecular weight excluding hydrogens is 300 g/mol. The van der Waals surface area contributed by atoms with E-state index in [9.17, 15) is 8.42 Å². The minimum atomic E-state index is -3.61. The molecule has 0 aliphatic heterocycles. The zero-order valence-electron chi connectivity index (χ0n) is 12.3. The van der Waals surface area contributed by atoms with Crippen LogP contribution in [0.25, 0.3) is 11.0 Å². The van der Waals surface area contributed by atoms with Gasteiger partial charge in [0.05, 0.1) is 10.4 Å². The largest absolute Gasteiger partial charge is 0.242 e.